The Kier molecular flexibility index (Phi) is 13.4. The molecule has 142 valence electrons. The number of nitrogens with zero attached hydrogens (tertiary/aromatic N) is 3. The maximum atomic E-state index is 12.2. The van der Waals surface area contributed by atoms with Crippen molar-refractivity contribution in [3.8, 4) is 0 Å². The Balaban J connectivity index is 0.00000529. The lowest BCUT2D eigenvalue weighted by molar-refractivity contribution is -0.133. The molecule has 6 nitrogen and oxygen atoms in total. The molecule has 0 aromatic carbocycles. The van der Waals surface area contributed by atoms with E-state index in [0.717, 1.165) is 64.4 Å². The fourth-order valence-electron chi connectivity index (χ4n) is 2.86. The molecule has 1 fully saturated rings. The Morgan fingerprint density at radius 3 is 2.62 bits per heavy atom. The Labute approximate surface area is 164 Å². The van der Waals surface area contributed by atoms with Crippen molar-refractivity contribution < 1.29 is 4.79 Å². The highest BCUT2D eigenvalue weighted by molar-refractivity contribution is 14.0. The normalized spacial score (nSPS) is 18.2. The number of likely N-dealkylation sites (N-methyl/N-ethyl adjacent to an activating group) is 1. The number of guanidine groups is 1. The van der Waals surface area contributed by atoms with Gasteiger partial charge in [-0.05, 0) is 39.2 Å². The molecule has 1 atom stereocenters. The van der Waals surface area contributed by atoms with Crippen molar-refractivity contribution in [3.05, 3.63) is 0 Å². The van der Waals surface area contributed by atoms with Gasteiger partial charge >= 0.3 is 0 Å². The second kappa shape index (κ2) is 13.7. The van der Waals surface area contributed by atoms with Crippen molar-refractivity contribution >= 4 is 35.8 Å². The number of rotatable bonds is 9. The van der Waals surface area contributed by atoms with E-state index in [4.69, 9.17) is 0 Å². The maximum Gasteiger partial charge on any atom is 0.239 e. The quantitative estimate of drug-likeness (QED) is 0.242. The molecular weight excluding hydrogens is 417 g/mol. The average Bonchev–Trinajstić information content (AvgIpc) is 2.99. The Morgan fingerprint density at radius 1 is 1.25 bits per heavy atom. The van der Waals surface area contributed by atoms with Crippen LogP contribution in [-0.2, 0) is 4.79 Å². The van der Waals surface area contributed by atoms with Gasteiger partial charge in [0.1, 0.15) is 0 Å². The molecule has 0 aromatic heterocycles. The topological polar surface area (TPSA) is 60.0 Å². The van der Waals surface area contributed by atoms with E-state index >= 15 is 0 Å². The summed E-state index contributed by atoms with van der Waals surface area (Å²) in [5.74, 6) is 1.14. The monoisotopic (exact) mass is 453 g/mol. The van der Waals surface area contributed by atoms with E-state index in [1.54, 1.807) is 4.90 Å². The number of carbonyl (C=O) groups excluding carboxylic acids is 1. The second-order valence-corrected chi connectivity index (χ2v) is 6.32. The molecule has 0 aromatic rings. The molecule has 0 spiro atoms. The predicted octanol–water partition coefficient (Wildman–Crippen LogP) is 1.90. The van der Waals surface area contributed by atoms with E-state index in [1.807, 2.05) is 14.1 Å². The third-order valence-electron chi connectivity index (χ3n) is 4.13. The lowest BCUT2D eigenvalue weighted by atomic mass is 10.2. The average molecular weight is 453 g/mol. The molecule has 0 saturated carbocycles. The van der Waals surface area contributed by atoms with Gasteiger partial charge in [-0.3, -0.25) is 14.7 Å². The minimum absolute atomic E-state index is 0. The lowest BCUT2D eigenvalue weighted by Gasteiger charge is -2.25. The second-order valence-electron chi connectivity index (χ2n) is 6.32. The number of hydrogen-bond acceptors (Lipinski definition) is 3. The van der Waals surface area contributed by atoms with Crippen LogP contribution in [0.2, 0.25) is 0 Å². The highest BCUT2D eigenvalue weighted by Crippen LogP contribution is 2.18. The fourth-order valence-corrected chi connectivity index (χ4v) is 2.86. The van der Waals surface area contributed by atoms with Gasteiger partial charge in [-0.25, -0.2) is 0 Å². The number of amides is 1. The van der Waals surface area contributed by atoms with Crippen molar-refractivity contribution in [3.63, 3.8) is 0 Å². The first-order valence-corrected chi connectivity index (χ1v) is 9.07. The van der Waals surface area contributed by atoms with E-state index < -0.39 is 0 Å². The first-order chi connectivity index (χ1) is 11.1. The molecule has 1 saturated heterocycles. The van der Waals surface area contributed by atoms with Crippen LogP contribution in [0.4, 0.5) is 0 Å². The number of carbonyl (C=O) groups is 1. The largest absolute Gasteiger partial charge is 0.357 e. The van der Waals surface area contributed by atoms with Crippen LogP contribution in [0.25, 0.3) is 0 Å². The number of aliphatic imine (C=N–C) groups is 1. The molecule has 1 heterocycles. The van der Waals surface area contributed by atoms with Crippen LogP contribution in [0, 0.1) is 0 Å². The lowest BCUT2D eigenvalue weighted by Crippen LogP contribution is -2.43. The SMILES string of the molecule is CCCCNC(=NCCCN1CCCC1C(=O)N(C)C)NCC.I. The molecule has 2 N–H and O–H groups in total. The van der Waals surface area contributed by atoms with Crippen LogP contribution in [0.3, 0.4) is 0 Å². The summed E-state index contributed by atoms with van der Waals surface area (Å²) < 4.78 is 0. The molecule has 0 radical (unpaired) electrons. The smallest absolute Gasteiger partial charge is 0.239 e. The minimum atomic E-state index is 0. The number of unbranched alkanes of at least 4 members (excludes halogenated alkanes) is 1. The van der Waals surface area contributed by atoms with Crippen LogP contribution in [-0.4, -0.2) is 74.5 Å². The van der Waals surface area contributed by atoms with Crippen LogP contribution in [0.1, 0.15) is 46.0 Å². The van der Waals surface area contributed by atoms with Crippen molar-refractivity contribution in [2.45, 2.75) is 52.0 Å². The van der Waals surface area contributed by atoms with Crippen molar-refractivity contribution in [2.75, 3.05) is 46.8 Å². The van der Waals surface area contributed by atoms with Crippen LogP contribution < -0.4 is 10.6 Å². The summed E-state index contributed by atoms with van der Waals surface area (Å²) in [6.45, 7) is 8.88. The molecule has 0 aliphatic carbocycles. The summed E-state index contributed by atoms with van der Waals surface area (Å²) >= 11 is 0. The fraction of sp³-hybridized carbons (Fsp3) is 0.882. The minimum Gasteiger partial charge on any atom is -0.357 e. The summed E-state index contributed by atoms with van der Waals surface area (Å²) in [6.07, 6.45) is 5.44. The van der Waals surface area contributed by atoms with Crippen molar-refractivity contribution in [1.29, 1.82) is 0 Å². The van der Waals surface area contributed by atoms with Gasteiger partial charge in [-0.2, -0.15) is 0 Å². The summed E-state index contributed by atoms with van der Waals surface area (Å²) in [5.41, 5.74) is 0. The predicted molar refractivity (Wildman–Crippen MR) is 112 cm³/mol. The summed E-state index contributed by atoms with van der Waals surface area (Å²) in [4.78, 5) is 20.8. The molecule has 1 rings (SSSR count). The van der Waals surface area contributed by atoms with Gasteiger partial charge in [0.2, 0.25) is 5.91 Å². The Bertz CT molecular complexity index is 376. The molecule has 24 heavy (non-hydrogen) atoms. The number of halogens is 1. The van der Waals surface area contributed by atoms with Gasteiger partial charge in [0.15, 0.2) is 5.96 Å². The van der Waals surface area contributed by atoms with Crippen molar-refractivity contribution in [1.82, 2.24) is 20.4 Å². The zero-order chi connectivity index (χ0) is 17.1. The van der Waals surface area contributed by atoms with E-state index in [9.17, 15) is 4.79 Å². The molecule has 7 heteroatoms. The maximum absolute atomic E-state index is 12.2. The molecular formula is C17H36IN5O. The number of nitrogens with one attached hydrogen (secondary N) is 2. The Hall–Kier alpha value is -0.570. The zero-order valence-corrected chi connectivity index (χ0v) is 18.1. The summed E-state index contributed by atoms with van der Waals surface area (Å²) in [5, 5.41) is 6.63. The van der Waals surface area contributed by atoms with E-state index in [1.165, 1.54) is 6.42 Å². The standard InChI is InChI=1S/C17H35N5O.HI/c1-5-7-11-19-17(18-6-2)20-12-9-14-22-13-8-10-15(22)16(23)21(3)4;/h15H,5-14H2,1-4H3,(H2,18,19,20);1H. The van der Waals surface area contributed by atoms with Gasteiger partial charge < -0.3 is 15.5 Å². The van der Waals surface area contributed by atoms with Gasteiger partial charge in [-0.1, -0.05) is 13.3 Å². The Morgan fingerprint density at radius 2 is 2.00 bits per heavy atom. The molecule has 1 aliphatic heterocycles. The van der Waals surface area contributed by atoms with E-state index in [0.29, 0.717) is 0 Å². The third kappa shape index (κ3) is 8.50. The summed E-state index contributed by atoms with van der Waals surface area (Å²) in [6, 6.07) is 0.0740. The van der Waals surface area contributed by atoms with Crippen LogP contribution in [0.5, 0.6) is 0 Å². The first-order valence-electron chi connectivity index (χ1n) is 9.07. The van der Waals surface area contributed by atoms with Crippen LogP contribution >= 0.6 is 24.0 Å². The molecule has 0 bridgehead atoms. The van der Waals surface area contributed by atoms with Crippen molar-refractivity contribution in [2.24, 2.45) is 4.99 Å². The highest BCUT2D eigenvalue weighted by Gasteiger charge is 2.30. The molecule has 1 unspecified atom stereocenters. The first kappa shape index (κ1) is 23.4. The van der Waals surface area contributed by atoms with Gasteiger partial charge in [0, 0.05) is 40.3 Å². The van der Waals surface area contributed by atoms with E-state index in [2.05, 4.69) is 34.4 Å². The highest BCUT2D eigenvalue weighted by atomic mass is 127. The van der Waals surface area contributed by atoms with Gasteiger partial charge in [0.25, 0.3) is 0 Å². The van der Waals surface area contributed by atoms with Crippen LogP contribution in [0.15, 0.2) is 4.99 Å². The zero-order valence-electron chi connectivity index (χ0n) is 15.8. The number of hydrogen-bond donors (Lipinski definition) is 2. The van der Waals surface area contributed by atoms with Gasteiger partial charge in [-0.15, -0.1) is 24.0 Å². The molecule has 1 amide bonds. The van der Waals surface area contributed by atoms with E-state index in [-0.39, 0.29) is 35.9 Å². The van der Waals surface area contributed by atoms with Gasteiger partial charge in [0.05, 0.1) is 6.04 Å². The third-order valence-corrected chi connectivity index (χ3v) is 4.13. The summed E-state index contributed by atoms with van der Waals surface area (Å²) in [7, 11) is 3.68. The number of likely N-dealkylation sites (tertiary alicyclic amines) is 1. The molecule has 1 aliphatic rings.